The second-order valence-corrected chi connectivity index (χ2v) is 18.3. The van der Waals surface area contributed by atoms with Crippen LogP contribution in [0.25, 0.3) is 117 Å². The molecule has 0 aliphatic heterocycles. The number of aromatic nitrogens is 4. The molecule has 0 bridgehead atoms. The summed E-state index contributed by atoms with van der Waals surface area (Å²) in [6, 6.07) is 82.6. The first-order valence-corrected chi connectivity index (χ1v) is 23.5. The number of fused-ring (bicyclic) bond motifs is 16. The number of rotatable bonds is 5. The van der Waals surface area contributed by atoms with Crippen LogP contribution in [0, 0.1) is 0 Å². The molecule has 2 aliphatic rings. The molecule has 0 atom stereocenters. The fourth-order valence-electron chi connectivity index (χ4n) is 11.7. The van der Waals surface area contributed by atoms with E-state index in [1.54, 1.807) is 0 Å². The topological polar surface area (TPSA) is 56.7 Å². The minimum Gasteiger partial charge on any atom is -0.456 e. The van der Waals surface area contributed by atoms with Gasteiger partial charge in [0.05, 0.1) is 16.4 Å². The van der Waals surface area contributed by atoms with Gasteiger partial charge in [0, 0.05) is 32.7 Å². The predicted octanol–water partition coefficient (Wildman–Crippen LogP) is 15.9. The molecule has 1 spiro atoms. The number of hydrogen-bond donors (Lipinski definition) is 0. The van der Waals surface area contributed by atoms with Gasteiger partial charge in [-0.05, 0) is 115 Å². The lowest BCUT2D eigenvalue weighted by Crippen LogP contribution is -2.25. The summed E-state index contributed by atoms with van der Waals surface area (Å²) >= 11 is 0. The first kappa shape index (κ1) is 38.0. The van der Waals surface area contributed by atoms with Crippen molar-refractivity contribution in [1.82, 2.24) is 19.5 Å². The number of benzene rings is 10. The fraction of sp³-hybridized carbons (Fsp3) is 0.0156. The monoisotopic (exact) mass is 878 g/mol. The van der Waals surface area contributed by atoms with Crippen LogP contribution in [0.5, 0.6) is 0 Å². The number of furan rings is 1. The van der Waals surface area contributed by atoms with Crippen molar-refractivity contribution in [2.75, 3.05) is 0 Å². The third-order valence-corrected chi connectivity index (χ3v) is 14.7. The van der Waals surface area contributed by atoms with Gasteiger partial charge in [-0.2, -0.15) is 9.97 Å². The molecule has 0 unspecified atom stereocenters. The highest BCUT2D eigenvalue weighted by Gasteiger charge is 2.51. The quantitative estimate of drug-likeness (QED) is 0.173. The lowest BCUT2D eigenvalue weighted by molar-refractivity contribution is 0.669. The predicted molar refractivity (Wildman–Crippen MR) is 279 cm³/mol. The molecule has 13 aromatic rings. The zero-order valence-electron chi connectivity index (χ0n) is 37.1. The first-order chi connectivity index (χ1) is 34.2. The molecule has 0 fully saturated rings. The van der Waals surface area contributed by atoms with Crippen molar-refractivity contribution >= 4 is 43.7 Å². The largest absolute Gasteiger partial charge is 0.456 e. The van der Waals surface area contributed by atoms with E-state index >= 15 is 0 Å². The number of nitrogens with zero attached hydrogens (tertiary/aromatic N) is 4. The maximum Gasteiger partial charge on any atom is 0.238 e. The van der Waals surface area contributed by atoms with E-state index in [-0.39, 0.29) is 0 Å². The van der Waals surface area contributed by atoms with E-state index in [0.29, 0.717) is 17.6 Å². The van der Waals surface area contributed by atoms with Crippen LogP contribution in [0.4, 0.5) is 0 Å². The summed E-state index contributed by atoms with van der Waals surface area (Å²) in [6.45, 7) is 0. The highest BCUT2D eigenvalue weighted by molar-refractivity contribution is 6.12. The molecule has 0 amide bonds. The first-order valence-electron chi connectivity index (χ1n) is 23.5. The van der Waals surface area contributed by atoms with E-state index in [9.17, 15) is 0 Å². The van der Waals surface area contributed by atoms with E-state index < -0.39 is 5.41 Å². The molecule has 0 saturated heterocycles. The van der Waals surface area contributed by atoms with Crippen LogP contribution in [0.15, 0.2) is 235 Å². The molecular weight excluding hydrogens is 841 g/mol. The Kier molecular flexibility index (Phi) is 7.93. The summed E-state index contributed by atoms with van der Waals surface area (Å²) in [7, 11) is 0. The Labute approximate surface area is 397 Å². The smallest absolute Gasteiger partial charge is 0.238 e. The van der Waals surface area contributed by atoms with Crippen LogP contribution in [-0.4, -0.2) is 19.5 Å². The third kappa shape index (κ3) is 5.44. The molecule has 10 aromatic carbocycles. The van der Waals surface area contributed by atoms with Crippen molar-refractivity contribution in [3.05, 3.63) is 253 Å². The Morgan fingerprint density at radius 1 is 0.304 bits per heavy atom. The summed E-state index contributed by atoms with van der Waals surface area (Å²) in [5.74, 6) is 1.71. The number of hydrogen-bond acceptors (Lipinski definition) is 4. The summed E-state index contributed by atoms with van der Waals surface area (Å²) in [4.78, 5) is 16.0. The minimum absolute atomic E-state index is 0.497. The summed E-state index contributed by atoms with van der Waals surface area (Å²) in [5.41, 5.74) is 19.8. The van der Waals surface area contributed by atoms with Crippen molar-refractivity contribution in [3.63, 3.8) is 0 Å². The van der Waals surface area contributed by atoms with Gasteiger partial charge in [-0.15, -0.1) is 0 Å². The zero-order chi connectivity index (χ0) is 45.2. The van der Waals surface area contributed by atoms with Gasteiger partial charge in [-0.3, -0.25) is 4.57 Å². The Balaban J connectivity index is 0.928. The molecule has 0 radical (unpaired) electrons. The second-order valence-electron chi connectivity index (χ2n) is 18.3. The van der Waals surface area contributed by atoms with E-state index in [2.05, 4.69) is 217 Å². The maximum atomic E-state index is 6.71. The zero-order valence-corrected chi connectivity index (χ0v) is 37.1. The lowest BCUT2D eigenvalue weighted by atomic mass is 9.70. The summed E-state index contributed by atoms with van der Waals surface area (Å²) in [5, 5.41) is 4.39. The molecule has 3 heterocycles. The van der Waals surface area contributed by atoms with Crippen molar-refractivity contribution in [1.29, 1.82) is 0 Å². The Bertz CT molecular complexity index is 4210. The van der Waals surface area contributed by atoms with Gasteiger partial charge >= 0.3 is 0 Å². The Morgan fingerprint density at radius 3 is 1.49 bits per heavy atom. The second kappa shape index (κ2) is 14.4. The molecule has 5 nitrogen and oxygen atoms in total. The van der Waals surface area contributed by atoms with Crippen molar-refractivity contribution in [2.45, 2.75) is 5.41 Å². The molecule has 69 heavy (non-hydrogen) atoms. The molecule has 5 heteroatoms. The van der Waals surface area contributed by atoms with Gasteiger partial charge in [0.2, 0.25) is 5.95 Å². The highest BCUT2D eigenvalue weighted by Crippen LogP contribution is 2.63. The van der Waals surface area contributed by atoms with Crippen LogP contribution in [-0.2, 0) is 5.41 Å². The average molecular weight is 879 g/mol. The maximum absolute atomic E-state index is 6.71. The molecule has 0 N–H and O–H groups in total. The van der Waals surface area contributed by atoms with Crippen LogP contribution in [0.3, 0.4) is 0 Å². The van der Waals surface area contributed by atoms with Gasteiger partial charge in [0.1, 0.15) is 11.2 Å². The van der Waals surface area contributed by atoms with Gasteiger partial charge in [0.25, 0.3) is 0 Å². The van der Waals surface area contributed by atoms with Crippen molar-refractivity contribution < 1.29 is 4.42 Å². The van der Waals surface area contributed by atoms with E-state index in [0.717, 1.165) is 66.0 Å². The fourth-order valence-corrected chi connectivity index (χ4v) is 11.7. The van der Waals surface area contributed by atoms with Gasteiger partial charge < -0.3 is 4.42 Å². The van der Waals surface area contributed by atoms with Gasteiger partial charge in [-0.25, -0.2) is 4.98 Å². The highest BCUT2D eigenvalue weighted by atomic mass is 16.3. The molecule has 320 valence electrons. The van der Waals surface area contributed by atoms with Gasteiger partial charge in [-0.1, -0.05) is 182 Å². The van der Waals surface area contributed by atoms with Gasteiger partial charge in [0.15, 0.2) is 11.6 Å². The standard InChI is InChI=1S/C64H38N4O/c1-3-16-39(17-4-1)41-20-15-21-42(34-41)43-30-32-49-50-33-31-44(36-60(50)69-59(49)35-43)62-65-61(40-18-5-2-6-19-40)66-63(67-62)68-57-29-14-10-25-48(57)52-37-51-47-24-9-13-28-55(47)64(56(51)38-58(52)68)53-26-11-7-22-45(53)46-23-8-12-27-54(46)64/h1-38H. The Hall–Kier alpha value is -9.19. The summed E-state index contributed by atoms with van der Waals surface area (Å²) in [6.07, 6.45) is 0. The lowest BCUT2D eigenvalue weighted by Gasteiger charge is -2.30. The summed E-state index contributed by atoms with van der Waals surface area (Å²) < 4.78 is 8.96. The van der Waals surface area contributed by atoms with Crippen molar-refractivity contribution in [3.8, 4) is 73.2 Å². The number of para-hydroxylation sites is 1. The minimum atomic E-state index is -0.497. The Morgan fingerprint density at radius 2 is 0.812 bits per heavy atom. The molecule has 0 saturated carbocycles. The molecular formula is C64H38N4O. The van der Waals surface area contributed by atoms with Crippen molar-refractivity contribution in [2.24, 2.45) is 0 Å². The SMILES string of the molecule is c1ccc(-c2cccc(-c3ccc4c(c3)oc3cc(-c5nc(-c6ccccc6)nc(-n6c7ccccc7c7cc8c(cc76)C6(c7ccccc7-c7ccccc76)c6ccccc6-8)n5)ccc34)c2)cc1. The van der Waals surface area contributed by atoms with Crippen LogP contribution >= 0.6 is 0 Å². The van der Waals surface area contributed by atoms with E-state index in [1.165, 1.54) is 55.6 Å². The molecule has 15 rings (SSSR count). The molecule has 3 aromatic heterocycles. The van der Waals surface area contributed by atoms with E-state index in [1.807, 2.05) is 18.2 Å². The normalized spacial score (nSPS) is 13.0. The molecule has 2 aliphatic carbocycles. The average Bonchev–Trinajstić information content (AvgIpc) is 4.13. The van der Waals surface area contributed by atoms with Crippen LogP contribution in [0.2, 0.25) is 0 Å². The van der Waals surface area contributed by atoms with E-state index in [4.69, 9.17) is 19.4 Å². The van der Waals surface area contributed by atoms with Crippen LogP contribution < -0.4 is 0 Å². The van der Waals surface area contributed by atoms with Crippen LogP contribution in [0.1, 0.15) is 22.3 Å². The third-order valence-electron chi connectivity index (χ3n) is 14.7.